The van der Waals surface area contributed by atoms with Crippen LogP contribution in [-0.2, 0) is 11.3 Å². The van der Waals surface area contributed by atoms with Gasteiger partial charge >= 0.3 is 5.97 Å². The van der Waals surface area contributed by atoms with E-state index in [1.165, 1.54) is 6.20 Å². The first-order valence-corrected chi connectivity index (χ1v) is 12.5. The molecule has 35 heavy (non-hydrogen) atoms. The van der Waals surface area contributed by atoms with E-state index < -0.39 is 12.2 Å². The number of aliphatic hydroxyl groups is 2. The number of esters is 1. The van der Waals surface area contributed by atoms with Gasteiger partial charge in [-0.05, 0) is 61.9 Å². The summed E-state index contributed by atoms with van der Waals surface area (Å²) in [4.78, 5) is 21.2. The Morgan fingerprint density at radius 3 is 2.23 bits per heavy atom. The number of aliphatic hydroxyl groups excluding tert-OH is 2. The third kappa shape index (κ3) is 3.66. The van der Waals surface area contributed by atoms with Crippen LogP contribution >= 0.6 is 0 Å². The number of nitriles is 1. The Hall–Kier alpha value is -2.83. The molecule has 0 aliphatic carbocycles. The second-order valence-corrected chi connectivity index (χ2v) is 10.3. The molecule has 5 unspecified atom stereocenters. The normalized spacial score (nSPS) is 29.0. The first-order valence-electron chi connectivity index (χ1n) is 12.5. The molecule has 8 heteroatoms. The number of hydrogen-bond donors (Lipinski definition) is 2. The van der Waals surface area contributed by atoms with Gasteiger partial charge in [0, 0.05) is 49.0 Å². The van der Waals surface area contributed by atoms with Gasteiger partial charge in [0.2, 0.25) is 0 Å². The molecule has 2 N–H and O–H groups in total. The van der Waals surface area contributed by atoms with Gasteiger partial charge in [-0.25, -0.2) is 4.79 Å². The summed E-state index contributed by atoms with van der Waals surface area (Å²) in [6, 6.07) is 10.6. The number of fused-ring (bicyclic) bond motifs is 7. The number of ether oxygens (including phenoxy) is 1. The number of hydrogen-bond acceptors (Lipinski definition) is 8. The monoisotopic (exact) mass is 474 g/mol. The van der Waals surface area contributed by atoms with Crippen LogP contribution < -0.4 is 0 Å². The smallest absolute Gasteiger partial charge is 0.338 e. The van der Waals surface area contributed by atoms with Gasteiger partial charge in [0.25, 0.3) is 0 Å². The van der Waals surface area contributed by atoms with Crippen LogP contribution in [0.4, 0.5) is 0 Å². The van der Waals surface area contributed by atoms with Crippen LogP contribution in [0.1, 0.15) is 76.2 Å². The highest BCUT2D eigenvalue weighted by Gasteiger charge is 2.55. The van der Waals surface area contributed by atoms with Gasteiger partial charge in [-0.15, -0.1) is 0 Å². The van der Waals surface area contributed by atoms with E-state index in [-0.39, 0.29) is 12.6 Å². The summed E-state index contributed by atoms with van der Waals surface area (Å²) in [5.74, 6) is -0.284. The van der Waals surface area contributed by atoms with Crippen molar-refractivity contribution in [1.29, 1.82) is 5.26 Å². The number of piperazine rings is 1. The number of carbonyl (C=O) groups excluding carboxylic acids is 1. The average Bonchev–Trinajstić information content (AvgIpc) is 3.50. The zero-order valence-corrected chi connectivity index (χ0v) is 19.8. The Labute approximate surface area is 204 Å². The molecular weight excluding hydrogens is 444 g/mol. The van der Waals surface area contributed by atoms with Crippen LogP contribution in [0.2, 0.25) is 0 Å². The predicted octanol–water partition coefficient (Wildman–Crippen LogP) is 2.38. The molecule has 6 rings (SSSR count). The van der Waals surface area contributed by atoms with Gasteiger partial charge < -0.3 is 14.9 Å². The van der Waals surface area contributed by atoms with Crippen molar-refractivity contribution in [3.8, 4) is 6.07 Å². The summed E-state index contributed by atoms with van der Waals surface area (Å²) in [5.41, 5.74) is 4.42. The molecule has 6 atom stereocenters. The van der Waals surface area contributed by atoms with E-state index in [2.05, 4.69) is 20.9 Å². The maximum Gasteiger partial charge on any atom is 0.338 e. The van der Waals surface area contributed by atoms with Crippen molar-refractivity contribution < 1.29 is 19.7 Å². The second kappa shape index (κ2) is 8.68. The maximum atomic E-state index is 11.9. The average molecular weight is 475 g/mol. The number of aromatic nitrogens is 1. The minimum atomic E-state index is -0.693. The standard InChI is InChI=1S/C27H30N4O4/c1-15-17(3-4-18-19(15)14-35-27(18)34)25(32)12-30-21-6-7-22(30)24-9-8-23(21)31(24)13-26(33)20-5-2-16(10-28)11-29-20/h2-5,11,21-26,32-33H,6-9,12-14H2,1H3/t21?,22?,23?,24?,25-,26?/m0/s1. The van der Waals surface area contributed by atoms with Gasteiger partial charge in [-0.3, -0.25) is 14.8 Å². The van der Waals surface area contributed by atoms with Crippen LogP contribution in [0.3, 0.4) is 0 Å². The van der Waals surface area contributed by atoms with Crippen molar-refractivity contribution in [1.82, 2.24) is 14.8 Å². The lowest BCUT2D eigenvalue weighted by atomic mass is 9.94. The highest BCUT2D eigenvalue weighted by Crippen LogP contribution is 2.47. The summed E-state index contributed by atoms with van der Waals surface area (Å²) in [6.45, 7) is 3.36. The molecule has 1 aromatic heterocycles. The van der Waals surface area contributed by atoms with Crippen molar-refractivity contribution in [3.05, 3.63) is 64.0 Å². The second-order valence-electron chi connectivity index (χ2n) is 10.3. The van der Waals surface area contributed by atoms with E-state index in [0.29, 0.717) is 54.1 Å². The molecule has 0 spiro atoms. The fourth-order valence-corrected chi connectivity index (χ4v) is 7.02. The number of nitrogens with zero attached hydrogens (tertiary/aromatic N) is 4. The SMILES string of the molecule is Cc1c([C@@H](O)CN2C3CCC2C2CCC3N2CC(O)c2ccc(C#N)cn2)ccc2c1COC2=O. The summed E-state index contributed by atoms with van der Waals surface area (Å²) in [7, 11) is 0. The molecule has 3 saturated heterocycles. The molecule has 5 heterocycles. The van der Waals surface area contributed by atoms with Crippen LogP contribution in [0, 0.1) is 18.3 Å². The van der Waals surface area contributed by atoms with E-state index in [1.807, 2.05) is 13.0 Å². The molecule has 0 saturated carbocycles. The fraction of sp³-hybridized carbons (Fsp3) is 0.519. The molecule has 2 aromatic rings. The number of benzene rings is 1. The van der Waals surface area contributed by atoms with E-state index in [0.717, 1.165) is 42.4 Å². The quantitative estimate of drug-likeness (QED) is 0.614. The van der Waals surface area contributed by atoms with Crippen molar-refractivity contribution >= 4 is 5.97 Å². The van der Waals surface area contributed by atoms with Crippen LogP contribution in [0.25, 0.3) is 0 Å². The Bertz CT molecular complexity index is 1170. The third-order valence-corrected chi connectivity index (χ3v) is 8.70. The van der Waals surface area contributed by atoms with Crippen molar-refractivity contribution in [3.63, 3.8) is 0 Å². The van der Waals surface area contributed by atoms with Gasteiger partial charge in [-0.2, -0.15) is 5.26 Å². The largest absolute Gasteiger partial charge is 0.457 e. The Morgan fingerprint density at radius 1 is 1.03 bits per heavy atom. The summed E-state index contributed by atoms with van der Waals surface area (Å²) >= 11 is 0. The molecule has 0 radical (unpaired) electrons. The van der Waals surface area contributed by atoms with Crippen molar-refractivity contribution in [2.24, 2.45) is 0 Å². The van der Waals surface area contributed by atoms with Crippen molar-refractivity contribution in [2.75, 3.05) is 13.1 Å². The van der Waals surface area contributed by atoms with Gasteiger partial charge in [-0.1, -0.05) is 6.07 Å². The minimum Gasteiger partial charge on any atom is -0.457 e. The molecule has 4 aliphatic heterocycles. The Balaban J connectivity index is 1.17. The Kier molecular flexibility index (Phi) is 5.61. The highest BCUT2D eigenvalue weighted by atomic mass is 16.5. The minimum absolute atomic E-state index is 0.283. The Morgan fingerprint density at radius 2 is 1.66 bits per heavy atom. The molecular formula is C27H30N4O4. The van der Waals surface area contributed by atoms with Gasteiger partial charge in [0.15, 0.2) is 0 Å². The first-order chi connectivity index (χ1) is 17.0. The number of pyridine rings is 1. The highest BCUT2D eigenvalue weighted by molar-refractivity contribution is 5.93. The lowest BCUT2D eigenvalue weighted by molar-refractivity contribution is -0.0341. The zero-order valence-electron chi connectivity index (χ0n) is 19.8. The number of rotatable bonds is 6. The van der Waals surface area contributed by atoms with E-state index in [9.17, 15) is 15.0 Å². The van der Waals surface area contributed by atoms with E-state index in [1.54, 1.807) is 18.2 Å². The molecule has 0 amide bonds. The van der Waals surface area contributed by atoms with Gasteiger partial charge in [0.05, 0.1) is 22.9 Å². The third-order valence-electron chi connectivity index (χ3n) is 8.70. The summed E-state index contributed by atoms with van der Waals surface area (Å²) in [5, 5.41) is 31.2. The van der Waals surface area contributed by atoms with Crippen LogP contribution in [-0.4, -0.2) is 68.2 Å². The molecule has 4 bridgehead atoms. The fourth-order valence-electron chi connectivity index (χ4n) is 7.02. The lowest BCUT2D eigenvalue weighted by Gasteiger charge is -2.48. The van der Waals surface area contributed by atoms with E-state index >= 15 is 0 Å². The maximum absolute atomic E-state index is 11.9. The van der Waals surface area contributed by atoms with E-state index in [4.69, 9.17) is 10.00 Å². The predicted molar refractivity (Wildman–Crippen MR) is 126 cm³/mol. The van der Waals surface area contributed by atoms with Gasteiger partial charge in [0.1, 0.15) is 18.8 Å². The number of carbonyl (C=O) groups is 1. The summed E-state index contributed by atoms with van der Waals surface area (Å²) in [6.07, 6.45) is 4.60. The van der Waals surface area contributed by atoms with Crippen LogP contribution in [0.15, 0.2) is 30.5 Å². The first kappa shape index (κ1) is 22.6. The number of cyclic esters (lactones) is 1. The lowest BCUT2D eigenvalue weighted by Crippen LogP contribution is -2.61. The van der Waals surface area contributed by atoms with Crippen molar-refractivity contribution in [2.45, 2.75) is 75.6 Å². The molecule has 8 nitrogen and oxygen atoms in total. The van der Waals surface area contributed by atoms with Crippen LogP contribution in [0.5, 0.6) is 0 Å². The summed E-state index contributed by atoms with van der Waals surface area (Å²) < 4.78 is 5.18. The topological polar surface area (TPSA) is 110 Å². The molecule has 4 aliphatic rings. The molecule has 182 valence electrons. The molecule has 1 aromatic carbocycles. The zero-order chi connectivity index (χ0) is 24.3. The molecule has 3 fully saturated rings.